The van der Waals surface area contributed by atoms with Gasteiger partial charge in [-0.05, 0) is 25.2 Å². The maximum Gasteiger partial charge on any atom is 0.146 e. The molecule has 1 heterocycles. The van der Waals surface area contributed by atoms with Gasteiger partial charge in [-0.15, -0.1) is 0 Å². The predicted molar refractivity (Wildman–Crippen MR) is 68.1 cm³/mol. The number of nitrogens with one attached hydrogen (secondary N) is 1. The Labute approximate surface area is 106 Å². The lowest BCUT2D eigenvalue weighted by molar-refractivity contribution is 0.404. The molecule has 94 valence electrons. The smallest absolute Gasteiger partial charge is 0.146 e. The Kier molecular flexibility index (Phi) is 3.89. The van der Waals surface area contributed by atoms with Gasteiger partial charge in [0.2, 0.25) is 0 Å². The Bertz CT molecular complexity index is 531. The predicted octanol–water partition coefficient (Wildman–Crippen LogP) is 2.54. The van der Waals surface area contributed by atoms with E-state index in [1.54, 1.807) is 26.4 Å². The molecule has 0 aliphatic heterocycles. The first-order valence-corrected chi connectivity index (χ1v) is 5.68. The fourth-order valence-corrected chi connectivity index (χ4v) is 1.95. The quantitative estimate of drug-likeness (QED) is 0.900. The average molecular weight is 246 g/mol. The molecule has 2 rings (SSSR count). The zero-order chi connectivity index (χ0) is 13.0. The minimum absolute atomic E-state index is 0.331. The molecule has 1 atom stereocenters. The fraction of sp³-hybridized carbons (Fsp3) is 0.214. The topological polar surface area (TPSA) is 34.1 Å². The molecule has 0 bridgehead atoms. The number of methoxy groups -OCH3 is 1. The number of para-hydroxylation sites is 1. The summed E-state index contributed by atoms with van der Waals surface area (Å²) in [6, 6.07) is 10.2. The van der Waals surface area contributed by atoms with Crippen LogP contribution in [0.25, 0.3) is 0 Å². The van der Waals surface area contributed by atoms with E-state index in [4.69, 9.17) is 4.74 Å². The second kappa shape index (κ2) is 5.60. The van der Waals surface area contributed by atoms with Crippen molar-refractivity contribution in [1.82, 2.24) is 10.3 Å². The third-order valence-corrected chi connectivity index (χ3v) is 2.80. The summed E-state index contributed by atoms with van der Waals surface area (Å²) in [6.45, 7) is 0. The molecule has 18 heavy (non-hydrogen) atoms. The van der Waals surface area contributed by atoms with Gasteiger partial charge in [0.25, 0.3) is 0 Å². The lowest BCUT2D eigenvalue weighted by atomic mass is 10.0. The molecule has 1 aromatic heterocycles. The van der Waals surface area contributed by atoms with Gasteiger partial charge in [0, 0.05) is 11.8 Å². The van der Waals surface area contributed by atoms with Crippen molar-refractivity contribution in [3.8, 4) is 5.75 Å². The van der Waals surface area contributed by atoms with Crippen molar-refractivity contribution in [2.75, 3.05) is 14.2 Å². The molecule has 0 aliphatic carbocycles. The van der Waals surface area contributed by atoms with E-state index in [-0.39, 0.29) is 11.9 Å². The number of pyridine rings is 1. The summed E-state index contributed by atoms with van der Waals surface area (Å²) >= 11 is 0. The second-order valence-corrected chi connectivity index (χ2v) is 3.83. The summed E-state index contributed by atoms with van der Waals surface area (Å²) in [7, 11) is 3.37. The molecule has 0 saturated carbocycles. The molecule has 0 spiro atoms. The molecule has 4 heteroatoms. The van der Waals surface area contributed by atoms with Gasteiger partial charge >= 0.3 is 0 Å². The highest BCUT2D eigenvalue weighted by Crippen LogP contribution is 2.29. The molecule has 0 fully saturated rings. The highest BCUT2D eigenvalue weighted by Gasteiger charge is 2.20. The van der Waals surface area contributed by atoms with E-state index in [1.165, 1.54) is 6.07 Å². The van der Waals surface area contributed by atoms with Crippen molar-refractivity contribution in [2.24, 2.45) is 0 Å². The van der Waals surface area contributed by atoms with E-state index in [1.807, 2.05) is 24.3 Å². The summed E-state index contributed by atoms with van der Waals surface area (Å²) in [4.78, 5) is 4.11. The van der Waals surface area contributed by atoms with Gasteiger partial charge in [-0.3, -0.25) is 4.98 Å². The van der Waals surface area contributed by atoms with Gasteiger partial charge in [0.05, 0.1) is 18.8 Å². The SMILES string of the molecule is CNC(c1ccccc1OC)c1ncccc1F. The van der Waals surface area contributed by atoms with Crippen LogP contribution in [0.2, 0.25) is 0 Å². The van der Waals surface area contributed by atoms with Crippen molar-refractivity contribution in [2.45, 2.75) is 6.04 Å². The molecular formula is C14H15FN2O. The van der Waals surface area contributed by atoms with Crippen LogP contribution in [0, 0.1) is 5.82 Å². The lowest BCUT2D eigenvalue weighted by Gasteiger charge is -2.19. The third kappa shape index (κ3) is 2.33. The first-order valence-electron chi connectivity index (χ1n) is 5.68. The van der Waals surface area contributed by atoms with Crippen LogP contribution in [0.3, 0.4) is 0 Å². The molecule has 1 aromatic carbocycles. The van der Waals surface area contributed by atoms with Gasteiger partial charge in [-0.2, -0.15) is 0 Å². The van der Waals surface area contributed by atoms with Gasteiger partial charge < -0.3 is 10.1 Å². The second-order valence-electron chi connectivity index (χ2n) is 3.83. The van der Waals surface area contributed by atoms with Crippen LogP contribution in [-0.2, 0) is 0 Å². The minimum Gasteiger partial charge on any atom is -0.496 e. The van der Waals surface area contributed by atoms with Gasteiger partial charge in [0.15, 0.2) is 0 Å². The summed E-state index contributed by atoms with van der Waals surface area (Å²) < 4.78 is 19.1. The first kappa shape index (κ1) is 12.5. The van der Waals surface area contributed by atoms with Crippen LogP contribution in [0.1, 0.15) is 17.3 Å². The van der Waals surface area contributed by atoms with E-state index in [2.05, 4.69) is 10.3 Å². The Balaban J connectivity index is 2.49. The molecule has 1 N–H and O–H groups in total. The van der Waals surface area contributed by atoms with Crippen molar-refractivity contribution < 1.29 is 9.13 Å². The van der Waals surface area contributed by atoms with Crippen molar-refractivity contribution in [3.63, 3.8) is 0 Å². The summed E-state index contributed by atoms with van der Waals surface area (Å²) in [5.41, 5.74) is 1.23. The maximum atomic E-state index is 13.8. The molecule has 2 aromatic rings. The van der Waals surface area contributed by atoms with E-state index in [0.29, 0.717) is 11.4 Å². The molecular weight excluding hydrogens is 231 g/mol. The van der Waals surface area contributed by atoms with Gasteiger partial charge in [-0.1, -0.05) is 18.2 Å². The van der Waals surface area contributed by atoms with Crippen LogP contribution in [0.15, 0.2) is 42.6 Å². The van der Waals surface area contributed by atoms with Crippen LogP contribution in [0.4, 0.5) is 4.39 Å². The van der Waals surface area contributed by atoms with E-state index in [9.17, 15) is 4.39 Å². The molecule has 0 amide bonds. The number of halogens is 1. The van der Waals surface area contributed by atoms with Crippen LogP contribution in [0.5, 0.6) is 5.75 Å². The third-order valence-electron chi connectivity index (χ3n) is 2.80. The highest BCUT2D eigenvalue weighted by atomic mass is 19.1. The van der Waals surface area contributed by atoms with E-state index in [0.717, 1.165) is 5.56 Å². The maximum absolute atomic E-state index is 13.8. The molecule has 1 unspecified atom stereocenters. The number of ether oxygens (including phenoxy) is 1. The number of rotatable bonds is 4. The fourth-order valence-electron chi connectivity index (χ4n) is 1.95. The van der Waals surface area contributed by atoms with Crippen LogP contribution < -0.4 is 10.1 Å². The average Bonchev–Trinajstić information content (AvgIpc) is 2.42. The Morgan fingerprint density at radius 2 is 2.00 bits per heavy atom. The standard InChI is InChI=1S/C14H15FN2O/c1-16-13(14-11(15)7-5-9-17-14)10-6-3-4-8-12(10)18-2/h3-9,13,16H,1-2H3. The first-order chi connectivity index (χ1) is 8.77. The van der Waals surface area contributed by atoms with E-state index >= 15 is 0 Å². The summed E-state index contributed by atoms with van der Waals surface area (Å²) in [6.07, 6.45) is 1.58. The van der Waals surface area contributed by atoms with Crippen molar-refractivity contribution in [3.05, 3.63) is 59.7 Å². The zero-order valence-corrected chi connectivity index (χ0v) is 10.4. The van der Waals surface area contributed by atoms with Gasteiger partial charge in [0.1, 0.15) is 11.6 Å². The molecule has 0 radical (unpaired) electrons. The Hall–Kier alpha value is -1.94. The van der Waals surface area contributed by atoms with E-state index < -0.39 is 0 Å². The number of hydrogen-bond donors (Lipinski definition) is 1. The summed E-state index contributed by atoms with van der Waals surface area (Å²) in [5.74, 6) is 0.379. The molecule has 3 nitrogen and oxygen atoms in total. The number of hydrogen-bond acceptors (Lipinski definition) is 3. The number of benzene rings is 1. The number of nitrogens with zero attached hydrogens (tertiary/aromatic N) is 1. The molecule has 0 saturated heterocycles. The van der Waals surface area contributed by atoms with Crippen molar-refractivity contribution in [1.29, 1.82) is 0 Å². The Morgan fingerprint density at radius 3 is 2.67 bits per heavy atom. The van der Waals surface area contributed by atoms with Crippen LogP contribution >= 0.6 is 0 Å². The highest BCUT2D eigenvalue weighted by molar-refractivity contribution is 5.40. The molecule has 0 aliphatic rings. The zero-order valence-electron chi connectivity index (χ0n) is 10.4. The monoisotopic (exact) mass is 246 g/mol. The lowest BCUT2D eigenvalue weighted by Crippen LogP contribution is -2.20. The normalized spacial score (nSPS) is 12.2. The van der Waals surface area contributed by atoms with Gasteiger partial charge in [-0.25, -0.2) is 4.39 Å². The summed E-state index contributed by atoms with van der Waals surface area (Å²) in [5, 5.41) is 3.07. The Morgan fingerprint density at radius 1 is 1.22 bits per heavy atom. The largest absolute Gasteiger partial charge is 0.496 e. The van der Waals surface area contributed by atoms with Crippen molar-refractivity contribution >= 4 is 0 Å². The minimum atomic E-state index is -0.331. The van der Waals surface area contributed by atoms with Crippen LogP contribution in [-0.4, -0.2) is 19.1 Å². The number of aromatic nitrogens is 1.